The number of aromatic nitrogens is 3. The molecule has 0 saturated heterocycles. The number of alkyl halides is 3. The van der Waals surface area contributed by atoms with Gasteiger partial charge in [0.1, 0.15) is 0 Å². The van der Waals surface area contributed by atoms with Crippen molar-refractivity contribution in [3.8, 4) is 11.3 Å². The minimum absolute atomic E-state index is 0.0357. The van der Waals surface area contributed by atoms with Crippen molar-refractivity contribution in [1.82, 2.24) is 20.5 Å². The van der Waals surface area contributed by atoms with Crippen LogP contribution in [-0.4, -0.2) is 21.2 Å². The molecule has 0 aliphatic heterocycles. The van der Waals surface area contributed by atoms with E-state index in [1.54, 1.807) is 18.3 Å². The molecule has 9 heteroatoms. The Bertz CT molecular complexity index is 939. The van der Waals surface area contributed by atoms with Crippen LogP contribution in [0.3, 0.4) is 0 Å². The summed E-state index contributed by atoms with van der Waals surface area (Å²) in [4.78, 5) is 4.34. The SMILES string of the molecule is Nc1nnc(CN[C@@H]2C[C@H]2c2ccc(-c3cccc(C(F)(F)F)c3)nc2)o1. The summed E-state index contributed by atoms with van der Waals surface area (Å²) < 4.78 is 43.7. The van der Waals surface area contributed by atoms with Crippen LogP contribution in [0.2, 0.25) is 0 Å². The predicted octanol–water partition coefficient (Wildman–Crippen LogP) is 3.38. The van der Waals surface area contributed by atoms with Crippen molar-refractivity contribution in [2.24, 2.45) is 0 Å². The fraction of sp³-hybridized carbons (Fsp3) is 0.278. The van der Waals surface area contributed by atoms with Gasteiger partial charge in [0.15, 0.2) is 0 Å². The van der Waals surface area contributed by atoms with Crippen LogP contribution in [-0.2, 0) is 12.7 Å². The van der Waals surface area contributed by atoms with Crippen LogP contribution >= 0.6 is 0 Å². The van der Waals surface area contributed by atoms with Crippen molar-refractivity contribution >= 4 is 6.01 Å². The number of anilines is 1. The molecule has 6 nitrogen and oxygen atoms in total. The van der Waals surface area contributed by atoms with Crippen LogP contribution in [0, 0.1) is 0 Å². The Morgan fingerprint density at radius 3 is 2.70 bits per heavy atom. The molecule has 0 spiro atoms. The molecule has 0 unspecified atom stereocenters. The minimum atomic E-state index is -4.37. The van der Waals surface area contributed by atoms with Gasteiger partial charge in [0, 0.05) is 23.7 Å². The fourth-order valence-electron chi connectivity index (χ4n) is 3.00. The number of rotatable bonds is 5. The van der Waals surface area contributed by atoms with Crippen molar-refractivity contribution in [2.75, 3.05) is 5.73 Å². The maximum Gasteiger partial charge on any atom is 0.416 e. The molecule has 4 rings (SSSR count). The second-order valence-electron chi connectivity index (χ2n) is 6.42. The molecule has 1 fully saturated rings. The summed E-state index contributed by atoms with van der Waals surface area (Å²) in [6.07, 6.45) is -1.72. The molecule has 1 aromatic carbocycles. The molecule has 0 amide bonds. The maximum atomic E-state index is 12.9. The monoisotopic (exact) mass is 375 g/mol. The molecular weight excluding hydrogens is 359 g/mol. The van der Waals surface area contributed by atoms with E-state index in [1.165, 1.54) is 6.07 Å². The van der Waals surface area contributed by atoms with Crippen LogP contribution in [0.4, 0.5) is 19.2 Å². The maximum absolute atomic E-state index is 12.9. The van der Waals surface area contributed by atoms with Gasteiger partial charge in [-0.2, -0.15) is 13.2 Å². The zero-order valence-electron chi connectivity index (χ0n) is 14.1. The van der Waals surface area contributed by atoms with Gasteiger partial charge in [-0.3, -0.25) is 4.98 Å². The Labute approximate surface area is 152 Å². The smallest absolute Gasteiger partial charge is 0.407 e. The molecule has 2 heterocycles. The van der Waals surface area contributed by atoms with E-state index in [0.29, 0.717) is 29.6 Å². The van der Waals surface area contributed by atoms with E-state index in [2.05, 4.69) is 20.5 Å². The van der Waals surface area contributed by atoms with Crippen molar-refractivity contribution in [3.63, 3.8) is 0 Å². The Morgan fingerprint density at radius 1 is 1.19 bits per heavy atom. The molecule has 3 aromatic rings. The van der Waals surface area contributed by atoms with E-state index in [-0.39, 0.29) is 12.1 Å². The second-order valence-corrected chi connectivity index (χ2v) is 6.42. The molecule has 140 valence electrons. The summed E-state index contributed by atoms with van der Waals surface area (Å²) in [5.41, 5.74) is 6.68. The van der Waals surface area contributed by atoms with Crippen molar-refractivity contribution in [2.45, 2.75) is 31.1 Å². The molecule has 3 N–H and O–H groups in total. The van der Waals surface area contributed by atoms with Gasteiger partial charge in [-0.25, -0.2) is 0 Å². The first kappa shape index (κ1) is 17.5. The van der Waals surface area contributed by atoms with Gasteiger partial charge in [-0.05, 0) is 30.2 Å². The van der Waals surface area contributed by atoms with Crippen LogP contribution in [0.5, 0.6) is 0 Å². The second kappa shape index (κ2) is 6.66. The van der Waals surface area contributed by atoms with Crippen molar-refractivity contribution in [1.29, 1.82) is 0 Å². The van der Waals surface area contributed by atoms with E-state index in [1.807, 2.05) is 6.07 Å². The van der Waals surface area contributed by atoms with E-state index >= 15 is 0 Å². The van der Waals surface area contributed by atoms with Crippen molar-refractivity contribution < 1.29 is 17.6 Å². The largest absolute Gasteiger partial charge is 0.416 e. The van der Waals surface area contributed by atoms with E-state index in [9.17, 15) is 13.2 Å². The molecule has 0 bridgehead atoms. The van der Waals surface area contributed by atoms with Crippen molar-refractivity contribution in [3.05, 3.63) is 59.6 Å². The van der Waals surface area contributed by atoms with Gasteiger partial charge in [0.05, 0.1) is 17.8 Å². The zero-order chi connectivity index (χ0) is 19.0. The Kier molecular flexibility index (Phi) is 4.31. The van der Waals surface area contributed by atoms with Gasteiger partial charge in [-0.1, -0.05) is 23.3 Å². The number of nitrogens with two attached hydrogens (primary N) is 1. The first-order chi connectivity index (χ1) is 12.9. The van der Waals surface area contributed by atoms with E-state index in [0.717, 1.165) is 24.1 Å². The van der Waals surface area contributed by atoms with Gasteiger partial charge in [-0.15, -0.1) is 5.10 Å². The summed E-state index contributed by atoms with van der Waals surface area (Å²) in [5.74, 6) is 0.726. The average Bonchev–Trinajstić information content (AvgIpc) is 3.32. The third-order valence-corrected chi connectivity index (χ3v) is 4.49. The highest BCUT2D eigenvalue weighted by Gasteiger charge is 2.38. The van der Waals surface area contributed by atoms with Crippen LogP contribution in [0.25, 0.3) is 11.3 Å². The highest BCUT2D eigenvalue weighted by Crippen LogP contribution is 2.41. The summed E-state index contributed by atoms with van der Waals surface area (Å²) in [6.45, 7) is 0.432. The highest BCUT2D eigenvalue weighted by atomic mass is 19.4. The molecule has 0 radical (unpaired) electrons. The normalized spacial score (nSPS) is 19.2. The van der Waals surface area contributed by atoms with Crippen LogP contribution < -0.4 is 11.1 Å². The number of nitrogens with zero attached hydrogens (tertiary/aromatic N) is 3. The molecule has 1 saturated carbocycles. The van der Waals surface area contributed by atoms with Gasteiger partial charge >= 0.3 is 12.2 Å². The van der Waals surface area contributed by atoms with E-state index in [4.69, 9.17) is 10.2 Å². The number of nitrogen functional groups attached to an aromatic ring is 1. The number of nitrogens with one attached hydrogen (secondary N) is 1. The quantitative estimate of drug-likeness (QED) is 0.711. The van der Waals surface area contributed by atoms with E-state index < -0.39 is 11.7 Å². The lowest BCUT2D eigenvalue weighted by Crippen LogP contribution is -2.17. The third-order valence-electron chi connectivity index (χ3n) is 4.49. The lowest BCUT2D eigenvalue weighted by atomic mass is 10.1. The average molecular weight is 375 g/mol. The van der Waals surface area contributed by atoms with Crippen LogP contribution in [0.15, 0.2) is 47.0 Å². The molecule has 1 aliphatic carbocycles. The molecule has 1 aliphatic rings. The number of hydrogen-bond donors (Lipinski definition) is 2. The number of benzene rings is 1. The summed E-state index contributed by atoms with van der Waals surface area (Å²) in [7, 11) is 0. The number of halogens is 3. The summed E-state index contributed by atoms with van der Waals surface area (Å²) in [5, 5.41) is 10.7. The third kappa shape index (κ3) is 3.92. The van der Waals surface area contributed by atoms with Gasteiger partial charge in [0.2, 0.25) is 5.89 Å². The first-order valence-electron chi connectivity index (χ1n) is 8.35. The fourth-order valence-corrected chi connectivity index (χ4v) is 3.00. The zero-order valence-corrected chi connectivity index (χ0v) is 14.1. The van der Waals surface area contributed by atoms with Crippen LogP contribution in [0.1, 0.15) is 29.4 Å². The Balaban J connectivity index is 1.40. The number of pyridine rings is 1. The van der Waals surface area contributed by atoms with Gasteiger partial charge in [0.25, 0.3) is 0 Å². The molecule has 2 atom stereocenters. The predicted molar refractivity (Wildman–Crippen MR) is 91.4 cm³/mol. The van der Waals surface area contributed by atoms with Gasteiger partial charge < -0.3 is 15.5 Å². The minimum Gasteiger partial charge on any atom is -0.407 e. The summed E-state index contributed by atoms with van der Waals surface area (Å²) >= 11 is 0. The Morgan fingerprint density at radius 2 is 2.04 bits per heavy atom. The first-order valence-corrected chi connectivity index (χ1v) is 8.35. The lowest BCUT2D eigenvalue weighted by Gasteiger charge is -2.09. The topological polar surface area (TPSA) is 89.9 Å². The molecule has 2 aromatic heterocycles. The molecular formula is C18H16F3N5O. The number of hydrogen-bond acceptors (Lipinski definition) is 6. The Hall–Kier alpha value is -2.94. The lowest BCUT2D eigenvalue weighted by molar-refractivity contribution is -0.137. The standard InChI is InChI=1S/C18H16F3N5O/c19-18(20,21)12-3-1-2-10(6-12)14-5-4-11(8-23-14)13-7-15(13)24-9-16-25-26-17(22)27-16/h1-6,8,13,15,24H,7,9H2,(H2,22,26)/t13-,15+/m0/s1. The molecule has 27 heavy (non-hydrogen) atoms. The summed E-state index contributed by atoms with van der Waals surface area (Å²) in [6, 6.07) is 9.12. The highest BCUT2D eigenvalue weighted by molar-refractivity contribution is 5.60.